The van der Waals surface area contributed by atoms with Crippen molar-refractivity contribution in [1.82, 2.24) is 0 Å². The zero-order valence-electron chi connectivity index (χ0n) is 7.36. The van der Waals surface area contributed by atoms with E-state index >= 15 is 0 Å². The Morgan fingerprint density at radius 1 is 1.58 bits per heavy atom. The minimum absolute atomic E-state index is 0.0466. The highest BCUT2D eigenvalue weighted by Gasteiger charge is 2.54. The fourth-order valence-corrected chi connectivity index (χ4v) is 2.62. The average molecular weight is 172 g/mol. The van der Waals surface area contributed by atoms with Crippen LogP contribution in [0.25, 0.3) is 0 Å². The second kappa shape index (κ2) is 2.69. The highest BCUT2D eigenvalue weighted by atomic mass is 16.5. The molecule has 2 rings (SSSR count). The number of aliphatic hydroxyl groups is 2. The Balaban J connectivity index is 2.24. The largest absolute Gasteiger partial charge is 0.393 e. The van der Waals surface area contributed by atoms with Gasteiger partial charge in [0.2, 0.25) is 0 Å². The highest BCUT2D eigenvalue weighted by Crippen LogP contribution is 2.45. The van der Waals surface area contributed by atoms with Crippen LogP contribution in [0, 0.1) is 5.92 Å². The quantitative estimate of drug-likeness (QED) is 0.598. The molecule has 0 aromatic carbocycles. The number of ether oxygens (including phenoxy) is 1. The van der Waals surface area contributed by atoms with Crippen molar-refractivity contribution < 1.29 is 14.9 Å². The van der Waals surface area contributed by atoms with Crippen molar-refractivity contribution in [2.24, 2.45) is 5.92 Å². The van der Waals surface area contributed by atoms with Gasteiger partial charge in [0.25, 0.3) is 0 Å². The third-order valence-corrected chi connectivity index (χ3v) is 3.37. The second-order valence-electron chi connectivity index (χ2n) is 4.05. The van der Waals surface area contributed by atoms with Crippen LogP contribution in [0.1, 0.15) is 26.2 Å². The smallest absolute Gasteiger partial charge is 0.118 e. The maximum atomic E-state index is 9.84. The molecule has 1 saturated heterocycles. The van der Waals surface area contributed by atoms with Gasteiger partial charge in [-0.05, 0) is 26.2 Å². The van der Waals surface area contributed by atoms with Crippen molar-refractivity contribution >= 4 is 0 Å². The molecule has 1 aliphatic heterocycles. The normalized spacial score (nSPS) is 52.8. The first kappa shape index (κ1) is 8.48. The molecule has 1 aliphatic carbocycles. The summed E-state index contributed by atoms with van der Waals surface area (Å²) < 4.78 is 5.63. The highest BCUT2D eigenvalue weighted by molar-refractivity contribution is 5.03. The molecule has 1 saturated carbocycles. The molecule has 2 aliphatic rings. The molecule has 1 unspecified atom stereocenters. The number of hydrogen-bond donors (Lipinski definition) is 2. The first-order valence-corrected chi connectivity index (χ1v) is 4.66. The Kier molecular flexibility index (Phi) is 1.90. The standard InChI is InChI=1S/C9H16O3/c1-6-7-3-2-4-9(5-10,12-6)8(7)11/h6-8,10-11H,2-5H2,1H3/t6-,7?,8-,9+/m0/s1. The molecule has 0 amide bonds. The molecule has 12 heavy (non-hydrogen) atoms. The summed E-state index contributed by atoms with van der Waals surface area (Å²) in [4.78, 5) is 0. The van der Waals surface area contributed by atoms with E-state index in [4.69, 9.17) is 4.74 Å². The summed E-state index contributed by atoms with van der Waals surface area (Å²) >= 11 is 0. The van der Waals surface area contributed by atoms with Crippen molar-refractivity contribution in [3.05, 3.63) is 0 Å². The van der Waals surface area contributed by atoms with Gasteiger partial charge < -0.3 is 14.9 Å². The van der Waals surface area contributed by atoms with Crippen LogP contribution in [0.4, 0.5) is 0 Å². The van der Waals surface area contributed by atoms with Gasteiger partial charge in [-0.25, -0.2) is 0 Å². The SMILES string of the molecule is C[C@@H]1O[C@@]2(CO)CCCC1[C@@H]2O. The predicted molar refractivity (Wildman–Crippen MR) is 43.7 cm³/mol. The van der Waals surface area contributed by atoms with Crippen LogP contribution in [-0.2, 0) is 4.74 Å². The molecule has 2 bridgehead atoms. The van der Waals surface area contributed by atoms with Crippen LogP contribution < -0.4 is 0 Å². The summed E-state index contributed by atoms with van der Waals surface area (Å²) in [6.07, 6.45) is 2.54. The van der Waals surface area contributed by atoms with E-state index in [9.17, 15) is 10.2 Å². The van der Waals surface area contributed by atoms with E-state index in [0.29, 0.717) is 0 Å². The van der Waals surface area contributed by atoms with Crippen molar-refractivity contribution in [3.63, 3.8) is 0 Å². The van der Waals surface area contributed by atoms with E-state index in [-0.39, 0.29) is 18.6 Å². The number of fused-ring (bicyclic) bond motifs is 2. The van der Waals surface area contributed by atoms with Crippen LogP contribution in [-0.4, -0.2) is 34.6 Å². The summed E-state index contributed by atoms with van der Waals surface area (Å²) in [6, 6.07) is 0. The van der Waals surface area contributed by atoms with Crippen molar-refractivity contribution in [1.29, 1.82) is 0 Å². The molecule has 1 heterocycles. The molecule has 0 aromatic heterocycles. The molecule has 3 nitrogen and oxygen atoms in total. The van der Waals surface area contributed by atoms with Crippen LogP contribution in [0.3, 0.4) is 0 Å². The van der Waals surface area contributed by atoms with E-state index in [0.717, 1.165) is 19.3 Å². The minimum atomic E-state index is -0.623. The fraction of sp³-hybridized carbons (Fsp3) is 1.00. The van der Waals surface area contributed by atoms with E-state index in [1.54, 1.807) is 0 Å². The van der Waals surface area contributed by atoms with Crippen LogP contribution in [0.2, 0.25) is 0 Å². The third-order valence-electron chi connectivity index (χ3n) is 3.37. The number of hydrogen-bond acceptors (Lipinski definition) is 3. The van der Waals surface area contributed by atoms with Gasteiger partial charge >= 0.3 is 0 Å². The molecule has 3 heteroatoms. The molecule has 0 spiro atoms. The Morgan fingerprint density at radius 2 is 2.33 bits per heavy atom. The Hall–Kier alpha value is -0.120. The Labute approximate surface area is 72.3 Å². The second-order valence-corrected chi connectivity index (χ2v) is 4.05. The molecular weight excluding hydrogens is 156 g/mol. The molecule has 0 radical (unpaired) electrons. The van der Waals surface area contributed by atoms with Crippen LogP contribution >= 0.6 is 0 Å². The number of aliphatic hydroxyl groups excluding tert-OH is 2. The van der Waals surface area contributed by atoms with Gasteiger partial charge in [0.05, 0.1) is 18.8 Å². The van der Waals surface area contributed by atoms with Gasteiger partial charge in [0.1, 0.15) is 5.60 Å². The zero-order chi connectivity index (χ0) is 8.77. The molecule has 4 atom stereocenters. The first-order chi connectivity index (χ1) is 5.69. The summed E-state index contributed by atoms with van der Waals surface area (Å²) in [5.41, 5.74) is -0.623. The lowest BCUT2D eigenvalue weighted by Gasteiger charge is -2.34. The summed E-state index contributed by atoms with van der Waals surface area (Å²) in [5.74, 6) is 0.242. The molecule has 70 valence electrons. The van der Waals surface area contributed by atoms with Crippen LogP contribution in [0.15, 0.2) is 0 Å². The summed E-state index contributed by atoms with van der Waals surface area (Å²) in [6.45, 7) is 1.94. The first-order valence-electron chi connectivity index (χ1n) is 4.66. The lowest BCUT2D eigenvalue weighted by atomic mass is 9.77. The Bertz CT molecular complexity index is 183. The number of rotatable bonds is 1. The van der Waals surface area contributed by atoms with Gasteiger partial charge in [-0.2, -0.15) is 0 Å². The minimum Gasteiger partial charge on any atom is -0.393 e. The Morgan fingerprint density at radius 3 is 2.92 bits per heavy atom. The lowest BCUT2D eigenvalue weighted by Crippen LogP contribution is -2.47. The lowest BCUT2D eigenvalue weighted by molar-refractivity contribution is -0.116. The maximum absolute atomic E-state index is 9.84. The van der Waals surface area contributed by atoms with E-state index < -0.39 is 11.7 Å². The van der Waals surface area contributed by atoms with Gasteiger partial charge in [-0.15, -0.1) is 0 Å². The van der Waals surface area contributed by atoms with Crippen molar-refractivity contribution in [2.75, 3.05) is 6.61 Å². The van der Waals surface area contributed by atoms with E-state index in [1.807, 2.05) is 6.92 Å². The molecule has 0 aromatic rings. The summed E-state index contributed by atoms with van der Waals surface area (Å²) in [7, 11) is 0. The average Bonchev–Trinajstić information content (AvgIpc) is 2.23. The van der Waals surface area contributed by atoms with Crippen molar-refractivity contribution in [2.45, 2.75) is 44.0 Å². The van der Waals surface area contributed by atoms with Gasteiger partial charge in [0, 0.05) is 5.92 Å². The van der Waals surface area contributed by atoms with Crippen molar-refractivity contribution in [3.8, 4) is 0 Å². The zero-order valence-corrected chi connectivity index (χ0v) is 7.36. The monoisotopic (exact) mass is 172 g/mol. The maximum Gasteiger partial charge on any atom is 0.118 e. The predicted octanol–water partition coefficient (Wildman–Crippen LogP) is 0.297. The molecule has 2 fully saturated rings. The van der Waals surface area contributed by atoms with E-state index in [2.05, 4.69) is 0 Å². The van der Waals surface area contributed by atoms with Gasteiger partial charge in [0.15, 0.2) is 0 Å². The summed E-state index contributed by atoms with van der Waals surface area (Å²) in [5, 5.41) is 19.0. The third kappa shape index (κ3) is 0.934. The fourth-order valence-electron chi connectivity index (χ4n) is 2.62. The van der Waals surface area contributed by atoms with Crippen LogP contribution in [0.5, 0.6) is 0 Å². The van der Waals surface area contributed by atoms with E-state index in [1.165, 1.54) is 0 Å². The molecular formula is C9H16O3. The topological polar surface area (TPSA) is 49.7 Å². The van der Waals surface area contributed by atoms with Gasteiger partial charge in [-0.1, -0.05) is 0 Å². The van der Waals surface area contributed by atoms with Gasteiger partial charge in [-0.3, -0.25) is 0 Å². The molecule has 2 N–H and O–H groups in total.